The molecule has 1 heterocycles. The molecule has 2 aromatic rings. The molecule has 0 aliphatic rings. The van der Waals surface area contributed by atoms with Crippen molar-refractivity contribution in [2.75, 3.05) is 0 Å². The maximum atomic E-state index is 13.5. The van der Waals surface area contributed by atoms with Crippen LogP contribution in [-0.4, -0.2) is 5.16 Å². The summed E-state index contributed by atoms with van der Waals surface area (Å²) in [6, 6.07) is 5.98. The fraction of sp³-hybridized carbons (Fsp3) is 0.100. The molecule has 0 atom stereocenters. The number of nitrogens with zero attached hydrogens (tertiary/aromatic N) is 1. The zero-order chi connectivity index (χ0) is 10.8. The van der Waals surface area contributed by atoms with Gasteiger partial charge >= 0.3 is 0 Å². The molecule has 0 unspecified atom stereocenters. The van der Waals surface area contributed by atoms with Gasteiger partial charge in [-0.15, -0.1) is 0 Å². The third kappa shape index (κ3) is 2.00. The summed E-state index contributed by atoms with van der Waals surface area (Å²) in [4.78, 5) is 0. The van der Waals surface area contributed by atoms with E-state index in [-0.39, 0.29) is 6.54 Å². The smallest absolute Gasteiger partial charge is 0.150 e. The Kier molecular flexibility index (Phi) is 2.70. The molecular formula is C10H8ClFN2O. The van der Waals surface area contributed by atoms with Crippen LogP contribution in [0.15, 0.2) is 28.8 Å². The first kappa shape index (κ1) is 10.1. The topological polar surface area (TPSA) is 52.0 Å². The van der Waals surface area contributed by atoms with E-state index in [9.17, 15) is 4.39 Å². The number of rotatable bonds is 2. The molecule has 0 saturated heterocycles. The lowest BCUT2D eigenvalue weighted by Gasteiger charge is -1.97. The first-order chi connectivity index (χ1) is 7.20. The first-order valence-corrected chi connectivity index (χ1v) is 4.69. The lowest BCUT2D eigenvalue weighted by Crippen LogP contribution is -1.92. The maximum absolute atomic E-state index is 13.5. The summed E-state index contributed by atoms with van der Waals surface area (Å²) < 4.78 is 18.3. The predicted octanol–water partition coefficient (Wildman–Crippen LogP) is 2.59. The fourth-order valence-corrected chi connectivity index (χ4v) is 1.39. The monoisotopic (exact) mass is 226 g/mol. The molecule has 0 radical (unpaired) electrons. The van der Waals surface area contributed by atoms with Crippen molar-refractivity contribution in [3.63, 3.8) is 0 Å². The molecule has 3 nitrogen and oxygen atoms in total. The van der Waals surface area contributed by atoms with Gasteiger partial charge in [0.1, 0.15) is 11.5 Å². The summed E-state index contributed by atoms with van der Waals surface area (Å²) in [7, 11) is 0. The molecule has 0 bridgehead atoms. The van der Waals surface area contributed by atoms with E-state index < -0.39 is 5.82 Å². The maximum Gasteiger partial charge on any atom is 0.150 e. The molecule has 0 spiro atoms. The molecule has 5 heteroatoms. The van der Waals surface area contributed by atoms with Crippen LogP contribution in [0.2, 0.25) is 5.02 Å². The van der Waals surface area contributed by atoms with Crippen LogP contribution in [-0.2, 0) is 6.54 Å². The van der Waals surface area contributed by atoms with Crippen LogP contribution in [0.1, 0.15) is 5.76 Å². The van der Waals surface area contributed by atoms with Crippen LogP contribution in [0.25, 0.3) is 11.3 Å². The van der Waals surface area contributed by atoms with Crippen LogP contribution in [0.4, 0.5) is 4.39 Å². The van der Waals surface area contributed by atoms with Crippen LogP contribution in [0, 0.1) is 5.82 Å². The Morgan fingerprint density at radius 3 is 2.80 bits per heavy atom. The summed E-state index contributed by atoms with van der Waals surface area (Å²) in [6.07, 6.45) is 0. The van der Waals surface area contributed by atoms with Gasteiger partial charge in [-0.3, -0.25) is 0 Å². The van der Waals surface area contributed by atoms with Crippen molar-refractivity contribution in [2.24, 2.45) is 5.73 Å². The van der Waals surface area contributed by atoms with Gasteiger partial charge in [0, 0.05) is 16.7 Å². The van der Waals surface area contributed by atoms with Crippen molar-refractivity contribution in [3.8, 4) is 11.3 Å². The van der Waals surface area contributed by atoms with E-state index in [4.69, 9.17) is 21.9 Å². The van der Waals surface area contributed by atoms with Gasteiger partial charge in [0.25, 0.3) is 0 Å². The molecule has 0 fully saturated rings. The second kappa shape index (κ2) is 4.00. The summed E-state index contributed by atoms with van der Waals surface area (Å²) in [5.41, 5.74) is 6.13. The number of hydrogen-bond donors (Lipinski definition) is 1. The number of halogens is 2. The van der Waals surface area contributed by atoms with E-state index >= 15 is 0 Å². The van der Waals surface area contributed by atoms with Crippen molar-refractivity contribution >= 4 is 11.6 Å². The Balaban J connectivity index is 2.44. The highest BCUT2D eigenvalue weighted by Crippen LogP contribution is 2.24. The van der Waals surface area contributed by atoms with Gasteiger partial charge in [-0.2, -0.15) is 0 Å². The Bertz CT molecular complexity index is 484. The summed E-state index contributed by atoms with van der Waals surface area (Å²) in [5.74, 6) is 0.0821. The summed E-state index contributed by atoms with van der Waals surface area (Å²) >= 11 is 5.63. The number of hydrogen-bond acceptors (Lipinski definition) is 3. The Hall–Kier alpha value is -1.39. The molecule has 1 aromatic carbocycles. The average Bonchev–Trinajstić information content (AvgIpc) is 2.66. The summed E-state index contributed by atoms with van der Waals surface area (Å²) in [6.45, 7) is 0.238. The number of aromatic nitrogens is 1. The van der Waals surface area contributed by atoms with Gasteiger partial charge in [0.15, 0.2) is 5.76 Å². The van der Waals surface area contributed by atoms with Gasteiger partial charge in [0.05, 0.1) is 6.54 Å². The minimum atomic E-state index is -0.431. The van der Waals surface area contributed by atoms with Gasteiger partial charge < -0.3 is 10.3 Å². The van der Waals surface area contributed by atoms with Crippen LogP contribution < -0.4 is 5.73 Å². The SMILES string of the molecule is NCc1cc(-c2ccc(Cl)cc2F)no1. The lowest BCUT2D eigenvalue weighted by atomic mass is 10.1. The number of nitrogens with two attached hydrogens (primary N) is 1. The first-order valence-electron chi connectivity index (χ1n) is 4.32. The van der Waals surface area contributed by atoms with Crippen molar-refractivity contribution in [3.05, 3.63) is 40.9 Å². The van der Waals surface area contributed by atoms with Gasteiger partial charge in [-0.1, -0.05) is 16.8 Å². The van der Waals surface area contributed by atoms with Crippen LogP contribution in [0.5, 0.6) is 0 Å². The second-order valence-electron chi connectivity index (χ2n) is 3.01. The highest BCUT2D eigenvalue weighted by Gasteiger charge is 2.10. The second-order valence-corrected chi connectivity index (χ2v) is 3.44. The van der Waals surface area contributed by atoms with Gasteiger partial charge in [-0.05, 0) is 18.2 Å². The van der Waals surface area contributed by atoms with Crippen molar-refractivity contribution < 1.29 is 8.91 Å². The summed E-state index contributed by atoms with van der Waals surface area (Å²) in [5, 5.41) is 4.06. The van der Waals surface area contributed by atoms with E-state index in [0.29, 0.717) is 22.0 Å². The van der Waals surface area contributed by atoms with Crippen LogP contribution >= 0.6 is 11.6 Å². The predicted molar refractivity (Wildman–Crippen MR) is 54.8 cm³/mol. The average molecular weight is 227 g/mol. The Labute approximate surface area is 90.6 Å². The standard InChI is InChI=1S/C10H8ClFN2O/c11-6-1-2-8(9(12)3-6)10-4-7(5-13)15-14-10/h1-4H,5,13H2. The van der Waals surface area contributed by atoms with Crippen molar-refractivity contribution in [1.29, 1.82) is 0 Å². The Morgan fingerprint density at radius 2 is 2.20 bits per heavy atom. The van der Waals surface area contributed by atoms with Gasteiger partial charge in [-0.25, -0.2) is 4.39 Å². The van der Waals surface area contributed by atoms with E-state index in [1.54, 1.807) is 18.2 Å². The van der Waals surface area contributed by atoms with Gasteiger partial charge in [0.2, 0.25) is 0 Å². The van der Waals surface area contributed by atoms with Crippen molar-refractivity contribution in [1.82, 2.24) is 5.16 Å². The molecular weight excluding hydrogens is 219 g/mol. The highest BCUT2D eigenvalue weighted by molar-refractivity contribution is 6.30. The normalized spacial score (nSPS) is 10.6. The van der Waals surface area contributed by atoms with Crippen LogP contribution in [0.3, 0.4) is 0 Å². The molecule has 0 saturated carbocycles. The third-order valence-electron chi connectivity index (χ3n) is 1.97. The zero-order valence-corrected chi connectivity index (χ0v) is 8.46. The zero-order valence-electron chi connectivity index (χ0n) is 7.71. The highest BCUT2D eigenvalue weighted by atomic mass is 35.5. The quantitative estimate of drug-likeness (QED) is 0.856. The lowest BCUT2D eigenvalue weighted by molar-refractivity contribution is 0.386. The minimum absolute atomic E-state index is 0.238. The molecule has 1 aromatic heterocycles. The molecule has 0 amide bonds. The van der Waals surface area contributed by atoms with E-state index in [1.165, 1.54) is 6.07 Å². The third-order valence-corrected chi connectivity index (χ3v) is 2.20. The molecule has 0 aliphatic heterocycles. The largest absolute Gasteiger partial charge is 0.359 e. The van der Waals surface area contributed by atoms with E-state index in [2.05, 4.69) is 5.16 Å². The molecule has 78 valence electrons. The minimum Gasteiger partial charge on any atom is -0.359 e. The fourth-order valence-electron chi connectivity index (χ4n) is 1.23. The molecule has 0 aliphatic carbocycles. The molecule has 15 heavy (non-hydrogen) atoms. The Morgan fingerprint density at radius 1 is 1.40 bits per heavy atom. The van der Waals surface area contributed by atoms with Crippen molar-refractivity contribution in [2.45, 2.75) is 6.54 Å². The molecule has 2 N–H and O–H groups in total. The van der Waals surface area contributed by atoms with E-state index in [1.807, 2.05) is 0 Å². The number of benzene rings is 1. The van der Waals surface area contributed by atoms with E-state index in [0.717, 1.165) is 0 Å². The molecule has 2 rings (SSSR count).